The van der Waals surface area contributed by atoms with Crippen molar-refractivity contribution in [2.24, 2.45) is 5.92 Å². The van der Waals surface area contributed by atoms with E-state index in [0.717, 1.165) is 32.5 Å². The molecule has 0 bridgehead atoms. The number of likely N-dealkylation sites (tertiary alicyclic amines) is 1. The van der Waals surface area contributed by atoms with Gasteiger partial charge in [0.15, 0.2) is 0 Å². The topological polar surface area (TPSA) is 50.2 Å². The summed E-state index contributed by atoms with van der Waals surface area (Å²) in [6.45, 7) is 4.24. The Hall–Kier alpha value is -1.92. The molecule has 0 radical (unpaired) electrons. The van der Waals surface area contributed by atoms with E-state index in [1.165, 1.54) is 10.7 Å². The highest BCUT2D eigenvalue weighted by atomic mass is 35.5. The van der Waals surface area contributed by atoms with Gasteiger partial charge in [0.2, 0.25) is 0 Å². The first-order valence-electron chi connectivity index (χ1n) is 8.35. The van der Waals surface area contributed by atoms with Crippen molar-refractivity contribution in [2.75, 3.05) is 26.7 Å². The molecule has 7 heteroatoms. The van der Waals surface area contributed by atoms with Crippen LogP contribution in [0.25, 0.3) is 5.69 Å². The van der Waals surface area contributed by atoms with Crippen LogP contribution in [-0.2, 0) is 0 Å². The number of benzene rings is 1. The van der Waals surface area contributed by atoms with Gasteiger partial charge in [-0.15, -0.1) is 12.4 Å². The highest BCUT2D eigenvalue weighted by molar-refractivity contribution is 5.95. The second kappa shape index (κ2) is 8.45. The molecule has 1 aliphatic heterocycles. The van der Waals surface area contributed by atoms with Crippen LogP contribution in [0.4, 0.5) is 4.39 Å². The molecule has 1 unspecified atom stereocenters. The van der Waals surface area contributed by atoms with Crippen molar-refractivity contribution >= 4 is 18.3 Å². The van der Waals surface area contributed by atoms with Gasteiger partial charge in [0.05, 0.1) is 17.5 Å². The minimum atomic E-state index is -0.352. The van der Waals surface area contributed by atoms with Crippen LogP contribution in [0, 0.1) is 18.7 Å². The lowest BCUT2D eigenvalue weighted by molar-refractivity contribution is 0.0673. The predicted molar refractivity (Wildman–Crippen MR) is 98.1 cm³/mol. The van der Waals surface area contributed by atoms with Crippen molar-refractivity contribution in [3.63, 3.8) is 0 Å². The van der Waals surface area contributed by atoms with Crippen LogP contribution < -0.4 is 5.32 Å². The minimum Gasteiger partial charge on any atom is -0.338 e. The van der Waals surface area contributed by atoms with Crippen LogP contribution in [0.3, 0.4) is 0 Å². The summed E-state index contributed by atoms with van der Waals surface area (Å²) in [6, 6.07) is 6.45. The number of nitrogens with zero attached hydrogens (tertiary/aromatic N) is 3. The molecule has 0 aliphatic carbocycles. The van der Waals surface area contributed by atoms with Gasteiger partial charge in [-0.25, -0.2) is 9.07 Å². The third-order valence-electron chi connectivity index (χ3n) is 4.62. The molecule has 1 aromatic carbocycles. The molecule has 3 rings (SSSR count). The van der Waals surface area contributed by atoms with E-state index < -0.39 is 0 Å². The fourth-order valence-electron chi connectivity index (χ4n) is 3.36. The maximum atomic E-state index is 14.0. The SMILES string of the molecule is CNCC1CCCN(C(=O)c2cnn(-c3ccccc3F)c2C)C1.Cl. The molecule has 1 saturated heterocycles. The average molecular weight is 367 g/mol. The van der Waals surface area contributed by atoms with E-state index in [1.54, 1.807) is 24.4 Å². The molecule has 1 fully saturated rings. The van der Waals surface area contributed by atoms with E-state index in [9.17, 15) is 9.18 Å². The number of carbonyl (C=O) groups is 1. The van der Waals surface area contributed by atoms with E-state index >= 15 is 0 Å². The molecule has 1 aromatic heterocycles. The fourth-order valence-corrected chi connectivity index (χ4v) is 3.36. The first-order chi connectivity index (χ1) is 11.6. The number of carbonyl (C=O) groups excluding carboxylic acids is 1. The lowest BCUT2D eigenvalue weighted by Gasteiger charge is -2.32. The zero-order valence-electron chi connectivity index (χ0n) is 14.5. The maximum Gasteiger partial charge on any atom is 0.257 e. The second-order valence-electron chi connectivity index (χ2n) is 6.32. The van der Waals surface area contributed by atoms with Crippen molar-refractivity contribution in [2.45, 2.75) is 19.8 Å². The first kappa shape index (κ1) is 19.4. The fraction of sp³-hybridized carbons (Fsp3) is 0.444. The molecule has 2 aromatic rings. The highest BCUT2D eigenvalue weighted by Crippen LogP contribution is 2.21. The minimum absolute atomic E-state index is 0. The van der Waals surface area contributed by atoms with Crippen LogP contribution in [-0.4, -0.2) is 47.3 Å². The lowest BCUT2D eigenvalue weighted by Crippen LogP contribution is -2.42. The molecule has 1 atom stereocenters. The van der Waals surface area contributed by atoms with E-state index in [2.05, 4.69) is 10.4 Å². The third-order valence-corrected chi connectivity index (χ3v) is 4.62. The number of hydrogen-bond donors (Lipinski definition) is 1. The number of amides is 1. The Balaban J connectivity index is 0.00000225. The van der Waals surface area contributed by atoms with Gasteiger partial charge in [-0.3, -0.25) is 4.79 Å². The van der Waals surface area contributed by atoms with Crippen molar-refractivity contribution in [3.8, 4) is 5.69 Å². The smallest absolute Gasteiger partial charge is 0.257 e. The van der Waals surface area contributed by atoms with Gasteiger partial charge in [0.25, 0.3) is 5.91 Å². The number of para-hydroxylation sites is 1. The summed E-state index contributed by atoms with van der Waals surface area (Å²) >= 11 is 0. The highest BCUT2D eigenvalue weighted by Gasteiger charge is 2.26. The quantitative estimate of drug-likeness (QED) is 0.905. The summed E-state index contributed by atoms with van der Waals surface area (Å²) in [5.41, 5.74) is 1.57. The van der Waals surface area contributed by atoms with Crippen LogP contribution in [0.5, 0.6) is 0 Å². The molecular formula is C18H24ClFN4O. The number of hydrogen-bond acceptors (Lipinski definition) is 3. The van der Waals surface area contributed by atoms with Crippen LogP contribution >= 0.6 is 12.4 Å². The largest absolute Gasteiger partial charge is 0.338 e. The summed E-state index contributed by atoms with van der Waals surface area (Å²) in [7, 11) is 1.93. The Labute approximate surface area is 153 Å². The summed E-state index contributed by atoms with van der Waals surface area (Å²) in [5.74, 6) is 0.111. The van der Waals surface area contributed by atoms with Crippen molar-refractivity contribution in [1.82, 2.24) is 20.0 Å². The summed E-state index contributed by atoms with van der Waals surface area (Å²) in [5, 5.41) is 7.42. The molecule has 136 valence electrons. The summed E-state index contributed by atoms with van der Waals surface area (Å²) in [4.78, 5) is 14.7. The zero-order valence-corrected chi connectivity index (χ0v) is 15.4. The summed E-state index contributed by atoms with van der Waals surface area (Å²) < 4.78 is 15.5. The van der Waals surface area contributed by atoms with Crippen molar-refractivity contribution in [3.05, 3.63) is 47.5 Å². The van der Waals surface area contributed by atoms with Gasteiger partial charge in [0.1, 0.15) is 11.5 Å². The molecule has 1 amide bonds. The Bertz CT molecular complexity index is 732. The summed E-state index contributed by atoms with van der Waals surface area (Å²) in [6.07, 6.45) is 3.70. The van der Waals surface area contributed by atoms with E-state index in [4.69, 9.17) is 0 Å². The van der Waals surface area contributed by atoms with Crippen LogP contribution in [0.1, 0.15) is 28.9 Å². The van der Waals surface area contributed by atoms with E-state index in [1.807, 2.05) is 18.9 Å². The van der Waals surface area contributed by atoms with Crippen molar-refractivity contribution < 1.29 is 9.18 Å². The molecule has 1 N–H and O–H groups in total. The lowest BCUT2D eigenvalue weighted by atomic mass is 9.97. The van der Waals surface area contributed by atoms with Crippen LogP contribution in [0.2, 0.25) is 0 Å². The number of piperidine rings is 1. The zero-order chi connectivity index (χ0) is 17.1. The Morgan fingerprint density at radius 1 is 1.40 bits per heavy atom. The number of rotatable bonds is 4. The van der Waals surface area contributed by atoms with Gasteiger partial charge in [0, 0.05) is 13.1 Å². The van der Waals surface area contributed by atoms with E-state index in [-0.39, 0.29) is 24.1 Å². The number of aromatic nitrogens is 2. The van der Waals surface area contributed by atoms with Gasteiger partial charge in [-0.05, 0) is 51.4 Å². The molecule has 0 spiro atoms. The normalized spacial score (nSPS) is 17.2. The molecule has 0 saturated carbocycles. The Morgan fingerprint density at radius 3 is 2.88 bits per heavy atom. The second-order valence-corrected chi connectivity index (χ2v) is 6.32. The van der Waals surface area contributed by atoms with Gasteiger partial charge in [-0.2, -0.15) is 5.10 Å². The monoisotopic (exact) mass is 366 g/mol. The predicted octanol–water partition coefficient (Wildman–Crippen LogP) is 2.81. The average Bonchev–Trinajstić information content (AvgIpc) is 2.97. The van der Waals surface area contributed by atoms with Gasteiger partial charge >= 0.3 is 0 Å². The first-order valence-corrected chi connectivity index (χ1v) is 8.35. The molecular weight excluding hydrogens is 343 g/mol. The van der Waals surface area contributed by atoms with Gasteiger partial charge < -0.3 is 10.2 Å². The number of halogens is 2. The molecule has 1 aliphatic rings. The molecule has 25 heavy (non-hydrogen) atoms. The molecule has 2 heterocycles. The molecule has 5 nitrogen and oxygen atoms in total. The van der Waals surface area contributed by atoms with Gasteiger partial charge in [-0.1, -0.05) is 12.1 Å². The van der Waals surface area contributed by atoms with Crippen molar-refractivity contribution in [1.29, 1.82) is 0 Å². The third kappa shape index (κ3) is 4.02. The standard InChI is InChI=1S/C18H23FN4O.ClH/c1-13-15(11-21-23(13)17-8-4-3-7-16(17)19)18(24)22-9-5-6-14(12-22)10-20-2;/h3-4,7-8,11,14,20H,5-6,9-10,12H2,1-2H3;1H. The van der Waals surface area contributed by atoms with Crippen LogP contribution in [0.15, 0.2) is 30.5 Å². The van der Waals surface area contributed by atoms with E-state index in [0.29, 0.717) is 22.9 Å². The Morgan fingerprint density at radius 2 is 2.16 bits per heavy atom. The number of nitrogens with one attached hydrogen (secondary N) is 1. The Kier molecular flexibility index (Phi) is 6.56. The maximum absolute atomic E-state index is 14.0.